The van der Waals surface area contributed by atoms with Crippen molar-refractivity contribution < 1.29 is 0 Å². The molecule has 7 nitrogen and oxygen atoms in total. The van der Waals surface area contributed by atoms with Gasteiger partial charge in [0.2, 0.25) is 0 Å². The summed E-state index contributed by atoms with van der Waals surface area (Å²) in [6.45, 7) is 6.54. The molecule has 6 rings (SSSR count). The van der Waals surface area contributed by atoms with Gasteiger partial charge in [-0.15, -0.1) is 0 Å². The number of aromatic nitrogens is 6. The molecule has 0 bridgehead atoms. The van der Waals surface area contributed by atoms with Crippen LogP contribution in [0.1, 0.15) is 22.3 Å². The third-order valence-corrected chi connectivity index (χ3v) is 6.73. The van der Waals surface area contributed by atoms with E-state index in [2.05, 4.69) is 9.97 Å². The van der Waals surface area contributed by atoms with E-state index in [1.54, 1.807) is 6.20 Å². The van der Waals surface area contributed by atoms with Crippen molar-refractivity contribution in [1.29, 1.82) is 0 Å². The van der Waals surface area contributed by atoms with Crippen molar-refractivity contribution in [3.8, 4) is 28.3 Å². The maximum atomic E-state index is 13.5. The standard InChI is InChI=1S/C29H24N6O/c1-18-7-6-10-25(20(18)3)35-29(36)28-27(33-35)23-8-4-5-9-26(23)34(32-28)17-21-11-12-24(31-16-21)22-13-14-30-15-19(22)2/h4-16H,17H2,1-3H3. The van der Waals surface area contributed by atoms with E-state index in [4.69, 9.17) is 10.2 Å². The molecule has 2 aliphatic rings. The van der Waals surface area contributed by atoms with E-state index in [-0.39, 0.29) is 5.56 Å². The predicted molar refractivity (Wildman–Crippen MR) is 141 cm³/mol. The van der Waals surface area contributed by atoms with Crippen molar-refractivity contribution in [1.82, 2.24) is 29.5 Å². The molecule has 176 valence electrons. The van der Waals surface area contributed by atoms with Crippen LogP contribution in [0.25, 0.3) is 39.2 Å². The highest BCUT2D eigenvalue weighted by atomic mass is 16.1. The van der Waals surface area contributed by atoms with E-state index in [1.807, 2.05) is 98.5 Å². The molecular formula is C29H24N6O. The van der Waals surface area contributed by atoms with Gasteiger partial charge in [-0.2, -0.15) is 14.9 Å². The number of hydrogen-bond acceptors (Lipinski definition) is 5. The van der Waals surface area contributed by atoms with Gasteiger partial charge < -0.3 is 0 Å². The van der Waals surface area contributed by atoms with Crippen molar-refractivity contribution >= 4 is 10.9 Å². The fourth-order valence-corrected chi connectivity index (χ4v) is 4.60. The fourth-order valence-electron chi connectivity index (χ4n) is 4.60. The quantitative estimate of drug-likeness (QED) is 0.356. The average Bonchev–Trinajstić information content (AvgIpc) is 3.23. The van der Waals surface area contributed by atoms with Crippen molar-refractivity contribution in [3.05, 3.63) is 112 Å². The fraction of sp³-hybridized carbons (Fsp3) is 0.138. The van der Waals surface area contributed by atoms with Crippen molar-refractivity contribution in [2.24, 2.45) is 0 Å². The van der Waals surface area contributed by atoms with Gasteiger partial charge in [0, 0.05) is 29.5 Å². The molecule has 0 spiro atoms. The van der Waals surface area contributed by atoms with Crippen LogP contribution in [0.4, 0.5) is 0 Å². The molecule has 0 amide bonds. The molecule has 0 aliphatic carbocycles. The van der Waals surface area contributed by atoms with Gasteiger partial charge in [-0.05, 0) is 67.3 Å². The number of hydrogen-bond donors (Lipinski definition) is 0. The molecular weight excluding hydrogens is 448 g/mol. The number of fused-ring (bicyclic) bond motifs is 3. The van der Waals surface area contributed by atoms with Gasteiger partial charge in [0.15, 0.2) is 5.69 Å². The Morgan fingerprint density at radius 1 is 0.806 bits per heavy atom. The molecule has 4 heterocycles. The van der Waals surface area contributed by atoms with Gasteiger partial charge in [-0.25, -0.2) is 0 Å². The monoisotopic (exact) mass is 472 g/mol. The normalized spacial score (nSPS) is 11.4. The molecule has 2 aliphatic heterocycles. The second-order valence-corrected chi connectivity index (χ2v) is 9.05. The summed E-state index contributed by atoms with van der Waals surface area (Å²) in [5.41, 5.74) is 8.58. The summed E-state index contributed by atoms with van der Waals surface area (Å²) >= 11 is 0. The Hall–Kier alpha value is -4.65. The van der Waals surface area contributed by atoms with Gasteiger partial charge in [0.1, 0.15) is 5.69 Å². The summed E-state index contributed by atoms with van der Waals surface area (Å²) in [5, 5.41) is 10.4. The summed E-state index contributed by atoms with van der Waals surface area (Å²) in [6.07, 6.45) is 5.48. The van der Waals surface area contributed by atoms with Crippen LogP contribution >= 0.6 is 0 Å². The van der Waals surface area contributed by atoms with Crippen LogP contribution < -0.4 is 5.56 Å². The predicted octanol–water partition coefficient (Wildman–Crippen LogP) is 5.12. The third kappa shape index (κ3) is 3.56. The van der Waals surface area contributed by atoms with E-state index < -0.39 is 0 Å². The van der Waals surface area contributed by atoms with Gasteiger partial charge >= 0.3 is 5.56 Å². The van der Waals surface area contributed by atoms with Crippen LogP contribution in [0.2, 0.25) is 0 Å². The first-order valence-corrected chi connectivity index (χ1v) is 11.8. The van der Waals surface area contributed by atoms with Crippen LogP contribution in [-0.4, -0.2) is 29.5 Å². The molecule has 7 heteroatoms. The minimum absolute atomic E-state index is 0.222. The largest absolute Gasteiger partial charge is 0.301 e. The lowest BCUT2D eigenvalue weighted by molar-refractivity contribution is 0.697. The average molecular weight is 473 g/mol. The maximum Gasteiger partial charge on any atom is 0.301 e. The van der Waals surface area contributed by atoms with Gasteiger partial charge in [0.05, 0.1) is 23.4 Å². The van der Waals surface area contributed by atoms with Crippen molar-refractivity contribution in [2.45, 2.75) is 27.3 Å². The first-order valence-electron chi connectivity index (χ1n) is 11.8. The molecule has 36 heavy (non-hydrogen) atoms. The Bertz CT molecular complexity index is 1760. The summed E-state index contributed by atoms with van der Waals surface area (Å²) in [7, 11) is 0. The van der Waals surface area contributed by atoms with Gasteiger partial charge in [-0.3, -0.25) is 19.4 Å². The minimum atomic E-state index is -0.222. The summed E-state index contributed by atoms with van der Waals surface area (Å²) in [5.74, 6) is 0. The number of aryl methyl sites for hydroxylation is 2. The minimum Gasteiger partial charge on any atom is -0.265 e. The molecule has 4 aromatic rings. The lowest BCUT2D eigenvalue weighted by Crippen LogP contribution is -2.18. The zero-order chi connectivity index (χ0) is 24.8. The second kappa shape index (κ2) is 8.53. The van der Waals surface area contributed by atoms with Crippen molar-refractivity contribution in [3.63, 3.8) is 0 Å². The van der Waals surface area contributed by atoms with E-state index in [0.717, 1.165) is 50.1 Å². The van der Waals surface area contributed by atoms with Crippen molar-refractivity contribution in [2.75, 3.05) is 0 Å². The summed E-state index contributed by atoms with van der Waals surface area (Å²) in [4.78, 5) is 22.3. The first kappa shape index (κ1) is 21.9. The summed E-state index contributed by atoms with van der Waals surface area (Å²) in [6, 6.07) is 19.9. The Kier molecular flexibility index (Phi) is 5.18. The molecule has 2 aromatic heterocycles. The Morgan fingerprint density at radius 3 is 2.47 bits per heavy atom. The molecule has 0 fully saturated rings. The van der Waals surface area contributed by atoms with Crippen LogP contribution in [-0.2, 0) is 6.54 Å². The van der Waals surface area contributed by atoms with Crippen LogP contribution in [0.15, 0.2) is 84.0 Å². The Morgan fingerprint density at radius 2 is 1.67 bits per heavy atom. The smallest absolute Gasteiger partial charge is 0.265 e. The lowest BCUT2D eigenvalue weighted by Gasteiger charge is -2.12. The van der Waals surface area contributed by atoms with E-state index in [1.165, 1.54) is 4.68 Å². The van der Waals surface area contributed by atoms with E-state index >= 15 is 0 Å². The zero-order valence-electron chi connectivity index (χ0n) is 20.3. The maximum absolute atomic E-state index is 13.5. The molecule has 0 radical (unpaired) electrons. The highest BCUT2D eigenvalue weighted by Crippen LogP contribution is 2.27. The van der Waals surface area contributed by atoms with E-state index in [0.29, 0.717) is 17.9 Å². The first-order chi connectivity index (χ1) is 17.5. The molecule has 0 N–H and O–H groups in total. The highest BCUT2D eigenvalue weighted by Gasteiger charge is 2.23. The Labute approximate surface area is 208 Å². The number of pyridine rings is 2. The Balaban J connectivity index is 1.46. The topological polar surface area (TPSA) is 78.5 Å². The molecule has 0 atom stereocenters. The SMILES string of the molecule is Cc1cnccc1-c1ccc(Cn2nc3c(=O)n(-c4cccc(C)c4C)nc-3c3ccccc32)cn1. The van der Waals surface area contributed by atoms with Crippen LogP contribution in [0.5, 0.6) is 0 Å². The number of rotatable bonds is 4. The third-order valence-electron chi connectivity index (χ3n) is 6.73. The van der Waals surface area contributed by atoms with Crippen LogP contribution in [0, 0.1) is 20.8 Å². The second-order valence-electron chi connectivity index (χ2n) is 9.05. The zero-order valence-corrected chi connectivity index (χ0v) is 20.3. The molecule has 0 unspecified atom stereocenters. The van der Waals surface area contributed by atoms with Crippen LogP contribution in [0.3, 0.4) is 0 Å². The number of nitrogens with zero attached hydrogens (tertiary/aromatic N) is 6. The van der Waals surface area contributed by atoms with Gasteiger partial charge in [0.25, 0.3) is 0 Å². The highest BCUT2D eigenvalue weighted by molar-refractivity contribution is 5.92. The van der Waals surface area contributed by atoms with E-state index in [9.17, 15) is 4.79 Å². The molecule has 0 saturated heterocycles. The molecule has 2 aromatic carbocycles. The number of benzene rings is 2. The lowest BCUT2D eigenvalue weighted by atomic mass is 10.1. The molecule has 0 saturated carbocycles. The van der Waals surface area contributed by atoms with Gasteiger partial charge in [-0.1, -0.05) is 36.4 Å². The summed E-state index contributed by atoms with van der Waals surface area (Å²) < 4.78 is 3.34. The number of para-hydroxylation sites is 1.